The van der Waals surface area contributed by atoms with Gasteiger partial charge in [-0.2, -0.15) is 12.7 Å². The molecule has 0 radical (unpaired) electrons. The van der Waals surface area contributed by atoms with Crippen LogP contribution in [0, 0.1) is 0 Å². The van der Waals surface area contributed by atoms with Crippen LogP contribution in [0.25, 0.3) is 0 Å². The largest absolute Gasteiger partial charge is 0.313 e. The van der Waals surface area contributed by atoms with Crippen LogP contribution in [0.3, 0.4) is 0 Å². The molecule has 0 aromatic heterocycles. The zero-order valence-electron chi connectivity index (χ0n) is 13.4. The lowest BCUT2D eigenvalue weighted by Crippen LogP contribution is -2.42. The minimum Gasteiger partial charge on any atom is -0.313 e. The zero-order chi connectivity index (χ0) is 14.8. The smallest absolute Gasteiger partial charge is 0.279 e. The van der Waals surface area contributed by atoms with Crippen LogP contribution in [-0.2, 0) is 10.2 Å². The summed E-state index contributed by atoms with van der Waals surface area (Å²) in [6.45, 7) is 3.83. The van der Waals surface area contributed by atoms with Crippen LogP contribution in [0.4, 0.5) is 0 Å². The molecule has 0 unspecified atom stereocenters. The van der Waals surface area contributed by atoms with E-state index in [0.717, 1.165) is 12.8 Å². The van der Waals surface area contributed by atoms with Crippen LogP contribution in [0.15, 0.2) is 0 Å². The van der Waals surface area contributed by atoms with Gasteiger partial charge in [0.1, 0.15) is 0 Å². The predicted octanol–water partition coefficient (Wildman–Crippen LogP) is 2.29. The first-order chi connectivity index (χ1) is 9.56. The Bertz CT molecular complexity index is 344. The van der Waals surface area contributed by atoms with Crippen LogP contribution in [0.2, 0.25) is 0 Å². The Hall–Kier alpha value is 0.120. The Morgan fingerprint density at radius 2 is 1.71 bits per heavy atom. The molecule has 1 aliphatic rings. The molecule has 0 bridgehead atoms. The molecule has 128 valence electrons. The molecule has 0 amide bonds. The van der Waals surface area contributed by atoms with Crippen LogP contribution in [0.5, 0.6) is 0 Å². The summed E-state index contributed by atoms with van der Waals surface area (Å²) in [4.78, 5) is 0. The molecule has 0 aliphatic heterocycles. The van der Waals surface area contributed by atoms with E-state index in [4.69, 9.17) is 0 Å². The van der Waals surface area contributed by atoms with E-state index in [1.54, 1.807) is 7.05 Å². The van der Waals surface area contributed by atoms with Gasteiger partial charge in [0.25, 0.3) is 10.2 Å². The summed E-state index contributed by atoms with van der Waals surface area (Å²) in [6, 6.07) is 0.569. The van der Waals surface area contributed by atoms with E-state index in [1.807, 2.05) is 0 Å². The second kappa shape index (κ2) is 11.7. The van der Waals surface area contributed by atoms with Crippen LogP contribution < -0.4 is 10.0 Å². The number of unbranched alkanes of at least 4 members (excludes halogenated alkanes) is 1. The highest BCUT2D eigenvalue weighted by Crippen LogP contribution is 2.16. The number of rotatable bonds is 9. The molecule has 0 atom stereocenters. The van der Waals surface area contributed by atoms with Crippen molar-refractivity contribution in [3.63, 3.8) is 0 Å². The molecule has 1 fully saturated rings. The molecule has 0 heterocycles. The first-order valence-electron chi connectivity index (χ1n) is 8.00. The van der Waals surface area contributed by atoms with Crippen molar-refractivity contribution < 1.29 is 8.42 Å². The maximum atomic E-state index is 11.9. The van der Waals surface area contributed by atoms with Gasteiger partial charge in [-0.05, 0) is 19.3 Å². The van der Waals surface area contributed by atoms with E-state index >= 15 is 0 Å². The highest BCUT2D eigenvalue weighted by atomic mass is 35.5. The van der Waals surface area contributed by atoms with Gasteiger partial charge in [-0.15, -0.1) is 12.4 Å². The van der Waals surface area contributed by atoms with Gasteiger partial charge in [0, 0.05) is 32.7 Å². The molecular formula is C14H32ClN3O2S. The Kier molecular flexibility index (Phi) is 11.7. The highest BCUT2D eigenvalue weighted by Gasteiger charge is 2.16. The molecule has 0 saturated heterocycles. The van der Waals surface area contributed by atoms with Crippen molar-refractivity contribution in [2.45, 2.75) is 64.3 Å². The van der Waals surface area contributed by atoms with Crippen LogP contribution in [0.1, 0.15) is 58.3 Å². The molecule has 7 heteroatoms. The van der Waals surface area contributed by atoms with Gasteiger partial charge in [-0.3, -0.25) is 0 Å². The third-order valence-electron chi connectivity index (χ3n) is 3.93. The van der Waals surface area contributed by atoms with Gasteiger partial charge in [0.05, 0.1) is 0 Å². The van der Waals surface area contributed by atoms with Gasteiger partial charge in [0.15, 0.2) is 0 Å². The van der Waals surface area contributed by atoms with E-state index in [0.29, 0.717) is 25.7 Å². The summed E-state index contributed by atoms with van der Waals surface area (Å²) in [6.07, 6.45) is 9.62. The van der Waals surface area contributed by atoms with Gasteiger partial charge in [-0.25, -0.2) is 4.72 Å². The van der Waals surface area contributed by atoms with E-state index in [-0.39, 0.29) is 12.4 Å². The molecule has 0 spiro atoms. The Labute approximate surface area is 136 Å². The minimum atomic E-state index is -3.30. The average Bonchev–Trinajstić information content (AvgIpc) is 2.69. The quantitative estimate of drug-likeness (QED) is 0.499. The van der Waals surface area contributed by atoms with Gasteiger partial charge >= 0.3 is 0 Å². The molecule has 1 rings (SSSR count). The zero-order valence-corrected chi connectivity index (χ0v) is 15.1. The van der Waals surface area contributed by atoms with Crippen molar-refractivity contribution in [2.75, 3.05) is 26.7 Å². The highest BCUT2D eigenvalue weighted by molar-refractivity contribution is 7.87. The number of nitrogens with one attached hydrogen (secondary N) is 2. The number of nitrogens with zero attached hydrogens (tertiary/aromatic N) is 1. The SMILES string of the molecule is CCCCN(C)S(=O)(=O)NCCNC1CCCCCC1.Cl. The third kappa shape index (κ3) is 8.98. The van der Waals surface area contributed by atoms with Crippen LogP contribution in [-0.4, -0.2) is 45.4 Å². The summed E-state index contributed by atoms with van der Waals surface area (Å²) in [7, 11) is -1.66. The number of hydrogen-bond acceptors (Lipinski definition) is 3. The number of hydrogen-bond donors (Lipinski definition) is 2. The van der Waals surface area contributed by atoms with Crippen molar-refractivity contribution in [3.8, 4) is 0 Å². The summed E-state index contributed by atoms with van der Waals surface area (Å²) in [5, 5.41) is 3.47. The summed E-state index contributed by atoms with van der Waals surface area (Å²) >= 11 is 0. The topological polar surface area (TPSA) is 61.4 Å². The summed E-state index contributed by atoms with van der Waals surface area (Å²) < 4.78 is 27.9. The van der Waals surface area contributed by atoms with E-state index in [9.17, 15) is 8.42 Å². The standard InChI is InChI=1S/C14H31N3O2S.ClH/c1-3-4-13-17(2)20(18,19)16-12-11-15-14-9-7-5-6-8-10-14;/h14-16H,3-13H2,1-2H3;1H. The van der Waals surface area contributed by atoms with Crippen molar-refractivity contribution >= 4 is 22.6 Å². The first kappa shape index (κ1) is 21.1. The molecule has 0 aromatic rings. The monoisotopic (exact) mass is 341 g/mol. The molecular weight excluding hydrogens is 310 g/mol. The fourth-order valence-corrected chi connectivity index (χ4v) is 3.50. The summed E-state index contributed by atoms with van der Waals surface area (Å²) in [5.74, 6) is 0. The van der Waals surface area contributed by atoms with E-state index in [2.05, 4.69) is 17.0 Å². The predicted molar refractivity (Wildman–Crippen MR) is 91.2 cm³/mol. The first-order valence-corrected chi connectivity index (χ1v) is 9.44. The van der Waals surface area contributed by atoms with Crippen LogP contribution >= 0.6 is 12.4 Å². The Morgan fingerprint density at radius 3 is 2.29 bits per heavy atom. The van der Waals surface area contributed by atoms with E-state index < -0.39 is 10.2 Å². The van der Waals surface area contributed by atoms with E-state index in [1.165, 1.54) is 42.8 Å². The van der Waals surface area contributed by atoms with Crippen molar-refractivity contribution in [1.29, 1.82) is 0 Å². The normalized spacial score (nSPS) is 17.5. The van der Waals surface area contributed by atoms with Gasteiger partial charge in [0.2, 0.25) is 0 Å². The molecule has 1 saturated carbocycles. The second-order valence-electron chi connectivity index (χ2n) is 5.72. The van der Waals surface area contributed by atoms with Gasteiger partial charge in [-0.1, -0.05) is 39.0 Å². The van der Waals surface area contributed by atoms with Gasteiger partial charge < -0.3 is 5.32 Å². The maximum absolute atomic E-state index is 11.9. The molecule has 2 N–H and O–H groups in total. The second-order valence-corrected chi connectivity index (χ2v) is 7.58. The molecule has 0 aromatic carbocycles. The van der Waals surface area contributed by atoms with Crippen molar-refractivity contribution in [1.82, 2.24) is 14.3 Å². The molecule has 5 nitrogen and oxygen atoms in total. The Balaban J connectivity index is 0.00000400. The lowest BCUT2D eigenvalue weighted by molar-refractivity contribution is 0.438. The lowest BCUT2D eigenvalue weighted by atomic mass is 10.1. The van der Waals surface area contributed by atoms with Crippen molar-refractivity contribution in [2.24, 2.45) is 0 Å². The fourth-order valence-electron chi connectivity index (χ4n) is 2.55. The minimum absolute atomic E-state index is 0. The number of halogens is 1. The average molecular weight is 342 g/mol. The third-order valence-corrected chi connectivity index (χ3v) is 5.51. The molecule has 21 heavy (non-hydrogen) atoms. The Morgan fingerprint density at radius 1 is 1.10 bits per heavy atom. The maximum Gasteiger partial charge on any atom is 0.279 e. The van der Waals surface area contributed by atoms with Crippen molar-refractivity contribution in [3.05, 3.63) is 0 Å². The lowest BCUT2D eigenvalue weighted by Gasteiger charge is -2.19. The fraction of sp³-hybridized carbons (Fsp3) is 1.00. The molecule has 1 aliphatic carbocycles. The summed E-state index contributed by atoms with van der Waals surface area (Å²) in [5.41, 5.74) is 0.